The van der Waals surface area contributed by atoms with Crippen LogP contribution in [-0.4, -0.2) is 35.0 Å². The van der Waals surface area contributed by atoms with Crippen LogP contribution in [-0.2, 0) is 4.74 Å². The first kappa shape index (κ1) is 20.5. The number of nitrogens with one attached hydrogen (secondary N) is 2. The Morgan fingerprint density at radius 1 is 1.14 bits per heavy atom. The minimum Gasteiger partial charge on any atom is -0.462 e. The Labute approximate surface area is 170 Å². The number of aromatic nitrogens is 2. The maximum absolute atomic E-state index is 12.5. The zero-order valence-electron chi connectivity index (χ0n) is 16.6. The van der Waals surface area contributed by atoms with Crippen molar-refractivity contribution in [3.8, 4) is 0 Å². The van der Waals surface area contributed by atoms with Crippen molar-refractivity contribution in [2.24, 2.45) is 0 Å². The van der Waals surface area contributed by atoms with Crippen LogP contribution >= 0.6 is 0 Å². The topological polar surface area (TPSA) is 93.2 Å². The predicted molar refractivity (Wildman–Crippen MR) is 112 cm³/mol. The summed E-state index contributed by atoms with van der Waals surface area (Å²) in [5.74, 6) is -0.290. The summed E-state index contributed by atoms with van der Waals surface area (Å²) in [5, 5.41) is 5.96. The molecule has 29 heavy (non-hydrogen) atoms. The lowest BCUT2D eigenvalue weighted by Gasteiger charge is -2.13. The van der Waals surface area contributed by atoms with Crippen LogP contribution in [0.25, 0.3) is 0 Å². The number of ether oxygens (including phenoxy) is 1. The Balaban J connectivity index is 1.54. The van der Waals surface area contributed by atoms with Crippen molar-refractivity contribution in [1.82, 2.24) is 9.97 Å². The van der Waals surface area contributed by atoms with E-state index in [0.29, 0.717) is 23.8 Å². The summed E-state index contributed by atoms with van der Waals surface area (Å²) in [6.07, 6.45) is 9.73. The molecule has 0 aliphatic heterocycles. The van der Waals surface area contributed by atoms with Crippen molar-refractivity contribution in [3.63, 3.8) is 0 Å². The van der Waals surface area contributed by atoms with Crippen LogP contribution in [0.5, 0.6) is 0 Å². The Hall–Kier alpha value is -3.22. The largest absolute Gasteiger partial charge is 0.462 e. The van der Waals surface area contributed by atoms with E-state index in [4.69, 9.17) is 4.74 Å². The van der Waals surface area contributed by atoms with Gasteiger partial charge in [-0.2, -0.15) is 0 Å². The van der Waals surface area contributed by atoms with Gasteiger partial charge in [0.1, 0.15) is 5.69 Å². The molecule has 0 radical (unpaired) electrons. The van der Waals surface area contributed by atoms with Crippen LogP contribution < -0.4 is 10.6 Å². The van der Waals surface area contributed by atoms with Crippen LogP contribution in [0.1, 0.15) is 59.9 Å². The molecule has 2 N–H and O–H groups in total. The van der Waals surface area contributed by atoms with Crippen LogP contribution in [0, 0.1) is 0 Å². The van der Waals surface area contributed by atoms with Gasteiger partial charge >= 0.3 is 5.97 Å². The Morgan fingerprint density at radius 2 is 1.97 bits per heavy atom. The second-order valence-corrected chi connectivity index (χ2v) is 6.80. The van der Waals surface area contributed by atoms with Gasteiger partial charge in [0.05, 0.1) is 12.2 Å². The van der Waals surface area contributed by atoms with E-state index in [2.05, 4.69) is 26.7 Å². The van der Waals surface area contributed by atoms with Gasteiger partial charge < -0.3 is 15.4 Å². The molecule has 1 heterocycles. The monoisotopic (exact) mass is 394 g/mol. The predicted octanol–water partition coefficient (Wildman–Crippen LogP) is 4.21. The highest BCUT2D eigenvalue weighted by atomic mass is 16.5. The fourth-order valence-corrected chi connectivity index (χ4v) is 3.14. The molecule has 0 atom stereocenters. The summed E-state index contributed by atoms with van der Waals surface area (Å²) in [4.78, 5) is 32.6. The third-order valence-corrected chi connectivity index (χ3v) is 4.66. The number of rotatable bonds is 8. The minimum absolute atomic E-state index is 0.272. The Morgan fingerprint density at radius 3 is 2.69 bits per heavy atom. The van der Waals surface area contributed by atoms with Crippen molar-refractivity contribution in [2.45, 2.75) is 39.0 Å². The molecule has 0 saturated heterocycles. The number of nitrogens with zero attached hydrogens (tertiary/aromatic N) is 2. The van der Waals surface area contributed by atoms with E-state index < -0.39 is 0 Å². The van der Waals surface area contributed by atoms with Crippen molar-refractivity contribution in [1.29, 1.82) is 0 Å². The second-order valence-electron chi connectivity index (χ2n) is 6.80. The molecule has 0 bridgehead atoms. The van der Waals surface area contributed by atoms with Gasteiger partial charge in [0.15, 0.2) is 0 Å². The first-order valence-electron chi connectivity index (χ1n) is 9.99. The van der Waals surface area contributed by atoms with E-state index in [1.54, 1.807) is 43.5 Å². The molecule has 1 aromatic heterocycles. The van der Waals surface area contributed by atoms with Crippen LogP contribution in [0.4, 0.5) is 11.6 Å². The minimum atomic E-state index is -0.388. The highest BCUT2D eigenvalue weighted by molar-refractivity contribution is 6.03. The maximum Gasteiger partial charge on any atom is 0.338 e. The third-order valence-electron chi connectivity index (χ3n) is 4.66. The molecule has 0 spiro atoms. The summed E-state index contributed by atoms with van der Waals surface area (Å²) in [7, 11) is 0. The van der Waals surface area contributed by atoms with E-state index >= 15 is 0 Å². The smallest absolute Gasteiger partial charge is 0.338 e. The molecule has 3 rings (SSSR count). The highest BCUT2D eigenvalue weighted by Gasteiger charge is 2.11. The van der Waals surface area contributed by atoms with Crippen LogP contribution in [0.15, 0.2) is 48.2 Å². The van der Waals surface area contributed by atoms with E-state index in [1.165, 1.54) is 31.3 Å². The summed E-state index contributed by atoms with van der Waals surface area (Å²) in [5.41, 5.74) is 2.75. The molecule has 0 fully saturated rings. The van der Waals surface area contributed by atoms with E-state index in [0.717, 1.165) is 13.0 Å². The normalized spacial score (nSPS) is 13.3. The molecule has 2 aromatic rings. The number of benzene rings is 1. The van der Waals surface area contributed by atoms with Crippen molar-refractivity contribution >= 4 is 23.5 Å². The number of hydrogen-bond acceptors (Lipinski definition) is 6. The zero-order chi connectivity index (χ0) is 20.5. The molecular weight excluding hydrogens is 368 g/mol. The average Bonchev–Trinajstić information content (AvgIpc) is 2.75. The average molecular weight is 394 g/mol. The molecule has 1 aromatic carbocycles. The third kappa shape index (κ3) is 6.14. The summed E-state index contributed by atoms with van der Waals surface area (Å²) < 4.78 is 4.95. The molecule has 0 saturated carbocycles. The fourth-order valence-electron chi connectivity index (χ4n) is 3.14. The van der Waals surface area contributed by atoms with Crippen molar-refractivity contribution in [3.05, 3.63) is 59.4 Å². The van der Waals surface area contributed by atoms with Crippen molar-refractivity contribution in [2.75, 3.05) is 23.8 Å². The number of anilines is 2. The Kier molecular flexibility index (Phi) is 7.33. The lowest BCUT2D eigenvalue weighted by atomic mass is 9.97. The van der Waals surface area contributed by atoms with Gasteiger partial charge in [-0.25, -0.2) is 14.8 Å². The number of amides is 1. The lowest BCUT2D eigenvalue weighted by Crippen LogP contribution is -2.16. The van der Waals surface area contributed by atoms with E-state index in [-0.39, 0.29) is 17.6 Å². The molecule has 7 heteroatoms. The number of allylic oxidation sites excluding steroid dienone is 1. The molecule has 1 amide bonds. The van der Waals surface area contributed by atoms with Gasteiger partial charge in [0, 0.05) is 18.4 Å². The first-order chi connectivity index (χ1) is 14.2. The Bertz CT molecular complexity index is 878. The highest BCUT2D eigenvalue weighted by Crippen LogP contribution is 2.20. The summed E-state index contributed by atoms with van der Waals surface area (Å²) in [6.45, 7) is 2.82. The van der Waals surface area contributed by atoms with Gasteiger partial charge in [-0.15, -0.1) is 0 Å². The number of carbonyl (C=O) groups excluding carboxylic acids is 2. The van der Waals surface area contributed by atoms with E-state index in [9.17, 15) is 9.59 Å². The fraction of sp³-hybridized carbons (Fsp3) is 0.364. The molecule has 7 nitrogen and oxygen atoms in total. The number of carbonyl (C=O) groups is 2. The number of hydrogen-bond donors (Lipinski definition) is 2. The molecule has 1 aliphatic carbocycles. The zero-order valence-corrected chi connectivity index (χ0v) is 16.6. The molecular formula is C22H26N4O3. The molecule has 0 unspecified atom stereocenters. The first-order valence-corrected chi connectivity index (χ1v) is 9.99. The van der Waals surface area contributed by atoms with Crippen LogP contribution in [0.3, 0.4) is 0 Å². The lowest BCUT2D eigenvalue weighted by molar-refractivity contribution is 0.0526. The van der Waals surface area contributed by atoms with Gasteiger partial charge in [-0.3, -0.25) is 4.79 Å². The van der Waals surface area contributed by atoms with Gasteiger partial charge in [0.2, 0.25) is 5.95 Å². The second kappa shape index (κ2) is 10.4. The quantitative estimate of drug-likeness (QED) is 0.515. The van der Waals surface area contributed by atoms with Gasteiger partial charge in [0.25, 0.3) is 5.91 Å². The standard InChI is InChI=1S/C22H26N4O3/c1-2-29-21(28)17-8-10-18(11-9-17)25-20(27)19-13-15-24-22(26-19)23-14-12-16-6-4-3-5-7-16/h6,8-11,13,15H,2-5,7,12,14H2,1H3,(H,25,27)(H,23,24,26). The number of esters is 1. The molecule has 1 aliphatic rings. The SMILES string of the molecule is CCOC(=O)c1ccc(NC(=O)c2ccnc(NCCC3=CCCCC3)n2)cc1. The van der Waals surface area contributed by atoms with Crippen LogP contribution in [0.2, 0.25) is 0 Å². The van der Waals surface area contributed by atoms with E-state index in [1.807, 2.05) is 0 Å². The molecule has 152 valence electrons. The maximum atomic E-state index is 12.5. The summed E-state index contributed by atoms with van der Waals surface area (Å²) >= 11 is 0. The van der Waals surface area contributed by atoms with Gasteiger partial charge in [-0.1, -0.05) is 11.6 Å². The van der Waals surface area contributed by atoms with Crippen molar-refractivity contribution < 1.29 is 14.3 Å². The summed E-state index contributed by atoms with van der Waals surface area (Å²) in [6, 6.07) is 8.10. The van der Waals surface area contributed by atoms with Gasteiger partial charge in [-0.05, 0) is 69.4 Å².